The highest BCUT2D eigenvalue weighted by Gasteiger charge is 2.31. The van der Waals surface area contributed by atoms with E-state index in [4.69, 9.17) is 0 Å². The highest BCUT2D eigenvalue weighted by Crippen LogP contribution is 2.32. The molecule has 3 rings (SSSR count). The van der Waals surface area contributed by atoms with Gasteiger partial charge in [-0.2, -0.15) is 8.42 Å². The van der Waals surface area contributed by atoms with E-state index in [0.717, 1.165) is 25.9 Å². The summed E-state index contributed by atoms with van der Waals surface area (Å²) in [7, 11) is -3.68. The molecule has 2 heterocycles. The second-order valence-electron chi connectivity index (χ2n) is 7.24. The number of carbonyl (C=O) groups excluding carboxylic acids is 1. The number of likely N-dealkylation sites (tertiary alicyclic amines) is 1. The van der Waals surface area contributed by atoms with E-state index in [-0.39, 0.29) is 16.2 Å². The molecule has 130 valence electrons. The second-order valence-corrected chi connectivity index (χ2v) is 8.81. The fourth-order valence-corrected chi connectivity index (χ4v) is 4.39. The fraction of sp³-hybridized carbons (Fsp3) is 0.529. The van der Waals surface area contributed by atoms with Crippen molar-refractivity contribution in [3.8, 4) is 0 Å². The van der Waals surface area contributed by atoms with E-state index in [1.165, 1.54) is 0 Å². The van der Waals surface area contributed by atoms with Crippen LogP contribution in [0.3, 0.4) is 0 Å². The van der Waals surface area contributed by atoms with Crippen LogP contribution in [0.2, 0.25) is 0 Å². The number of fused-ring (bicyclic) bond motifs is 1. The quantitative estimate of drug-likeness (QED) is 0.906. The van der Waals surface area contributed by atoms with Gasteiger partial charge in [-0.15, -0.1) is 4.40 Å². The van der Waals surface area contributed by atoms with E-state index >= 15 is 0 Å². The molecular weight excluding hydrogens is 326 g/mol. The highest BCUT2D eigenvalue weighted by molar-refractivity contribution is 7.90. The van der Waals surface area contributed by atoms with Gasteiger partial charge in [-0.1, -0.05) is 26.0 Å². The van der Waals surface area contributed by atoms with Crippen LogP contribution in [0.15, 0.2) is 33.6 Å². The number of nitrogens with zero attached hydrogens (tertiary/aromatic N) is 2. The van der Waals surface area contributed by atoms with Crippen LogP contribution in [0, 0.1) is 5.41 Å². The van der Waals surface area contributed by atoms with E-state index in [1.807, 2.05) is 18.7 Å². The number of amidine groups is 1. The predicted octanol–water partition coefficient (Wildman–Crippen LogP) is 2.63. The predicted molar refractivity (Wildman–Crippen MR) is 93.5 cm³/mol. The number of anilines is 1. The number of nitrogens with one attached hydrogen (secondary N) is 1. The van der Waals surface area contributed by atoms with Crippen molar-refractivity contribution < 1.29 is 13.2 Å². The van der Waals surface area contributed by atoms with Crippen LogP contribution in [-0.4, -0.2) is 38.2 Å². The largest absolute Gasteiger partial charge is 0.343 e. The van der Waals surface area contributed by atoms with Crippen molar-refractivity contribution in [1.29, 1.82) is 0 Å². The summed E-state index contributed by atoms with van der Waals surface area (Å²) in [4.78, 5) is 14.5. The number of amides is 1. The summed E-state index contributed by atoms with van der Waals surface area (Å²) in [5, 5.41) is 3.10. The molecule has 6 nitrogen and oxygen atoms in total. The van der Waals surface area contributed by atoms with E-state index in [9.17, 15) is 13.2 Å². The Balaban J connectivity index is 1.73. The molecule has 0 saturated carbocycles. The van der Waals surface area contributed by atoms with Crippen LogP contribution in [-0.2, 0) is 14.8 Å². The lowest BCUT2D eigenvalue weighted by Gasteiger charge is -2.29. The Labute approximate surface area is 143 Å². The third-order valence-electron chi connectivity index (χ3n) is 4.41. The minimum absolute atomic E-state index is 0.136. The molecule has 0 spiro atoms. The number of rotatable bonds is 4. The number of carbonyl (C=O) groups is 1. The van der Waals surface area contributed by atoms with Crippen molar-refractivity contribution in [3.05, 3.63) is 24.3 Å². The Morgan fingerprint density at radius 2 is 1.92 bits per heavy atom. The van der Waals surface area contributed by atoms with Crippen LogP contribution in [0.25, 0.3) is 0 Å². The summed E-state index contributed by atoms with van der Waals surface area (Å²) in [6.45, 7) is 5.60. The molecule has 2 aliphatic rings. The topological polar surface area (TPSA) is 78.8 Å². The average Bonchev–Trinajstić information content (AvgIpc) is 2.99. The SMILES string of the molecule is CC(C)(CC(=O)N1CCCC1)CC1=NS(=O)(=O)c2ccccc2N1. The van der Waals surface area contributed by atoms with Crippen LogP contribution in [0.4, 0.5) is 5.69 Å². The third kappa shape index (κ3) is 3.61. The van der Waals surface area contributed by atoms with Gasteiger partial charge in [0.2, 0.25) is 5.91 Å². The summed E-state index contributed by atoms with van der Waals surface area (Å²) in [6, 6.07) is 6.73. The number of sulfonamides is 1. The monoisotopic (exact) mass is 349 g/mol. The maximum atomic E-state index is 12.4. The molecule has 2 aliphatic heterocycles. The van der Waals surface area contributed by atoms with Gasteiger partial charge in [0.05, 0.1) is 5.69 Å². The summed E-state index contributed by atoms with van der Waals surface area (Å²) in [6.07, 6.45) is 2.92. The van der Waals surface area contributed by atoms with Crippen LogP contribution in [0.1, 0.15) is 39.5 Å². The number of hydrogen-bond acceptors (Lipinski definition) is 4. The molecule has 1 aromatic rings. The van der Waals surface area contributed by atoms with E-state index in [1.54, 1.807) is 24.3 Å². The van der Waals surface area contributed by atoms with Gasteiger partial charge in [-0.3, -0.25) is 4.79 Å². The number of hydrogen-bond donors (Lipinski definition) is 1. The minimum atomic E-state index is -3.68. The van der Waals surface area contributed by atoms with Gasteiger partial charge in [-0.25, -0.2) is 0 Å². The van der Waals surface area contributed by atoms with Gasteiger partial charge < -0.3 is 10.2 Å². The van der Waals surface area contributed by atoms with E-state index < -0.39 is 10.0 Å². The first kappa shape index (κ1) is 17.0. The fourth-order valence-electron chi connectivity index (χ4n) is 3.25. The molecule has 1 N–H and O–H groups in total. The van der Waals surface area contributed by atoms with Gasteiger partial charge in [0.25, 0.3) is 10.0 Å². The first-order valence-corrected chi connectivity index (χ1v) is 9.69. The van der Waals surface area contributed by atoms with Crippen molar-refractivity contribution >= 4 is 27.5 Å². The number of benzene rings is 1. The van der Waals surface area contributed by atoms with Gasteiger partial charge >= 0.3 is 0 Å². The van der Waals surface area contributed by atoms with Crippen molar-refractivity contribution in [3.63, 3.8) is 0 Å². The number of para-hydroxylation sites is 1. The molecule has 0 aliphatic carbocycles. The Kier molecular flexibility index (Phi) is 4.38. The smallest absolute Gasteiger partial charge is 0.286 e. The average molecular weight is 349 g/mol. The normalized spacial score (nSPS) is 19.4. The maximum absolute atomic E-state index is 12.4. The molecule has 7 heteroatoms. The standard InChI is InChI=1S/C17H23N3O3S/c1-17(2,12-16(21)20-9-5-6-10-20)11-15-18-13-7-3-4-8-14(13)24(22,23)19-15/h3-4,7-8H,5-6,9-12H2,1-2H3,(H,18,19). The Morgan fingerprint density at radius 3 is 2.62 bits per heavy atom. The minimum Gasteiger partial charge on any atom is -0.343 e. The first-order chi connectivity index (χ1) is 11.3. The van der Waals surface area contributed by atoms with Gasteiger partial charge in [0.15, 0.2) is 0 Å². The lowest BCUT2D eigenvalue weighted by molar-refractivity contribution is -0.132. The molecule has 24 heavy (non-hydrogen) atoms. The summed E-state index contributed by atoms with van der Waals surface area (Å²) < 4.78 is 28.5. The lowest BCUT2D eigenvalue weighted by Crippen LogP contribution is -2.34. The van der Waals surface area contributed by atoms with Crippen LogP contribution in [0.5, 0.6) is 0 Å². The second kappa shape index (κ2) is 6.20. The molecule has 0 aromatic heterocycles. The molecular formula is C17H23N3O3S. The van der Waals surface area contributed by atoms with Gasteiger partial charge in [0, 0.05) is 25.9 Å². The maximum Gasteiger partial charge on any atom is 0.286 e. The van der Waals surface area contributed by atoms with Crippen molar-refractivity contribution in [2.75, 3.05) is 18.4 Å². The molecule has 1 saturated heterocycles. The van der Waals surface area contributed by atoms with Crippen LogP contribution >= 0.6 is 0 Å². The Morgan fingerprint density at radius 1 is 1.25 bits per heavy atom. The molecule has 1 amide bonds. The molecule has 0 unspecified atom stereocenters. The molecule has 0 bridgehead atoms. The molecule has 1 fully saturated rings. The van der Waals surface area contributed by atoms with Crippen molar-refractivity contribution in [2.45, 2.75) is 44.4 Å². The van der Waals surface area contributed by atoms with Crippen molar-refractivity contribution in [2.24, 2.45) is 9.81 Å². The first-order valence-electron chi connectivity index (χ1n) is 8.25. The zero-order valence-electron chi connectivity index (χ0n) is 14.1. The van der Waals surface area contributed by atoms with Gasteiger partial charge in [-0.05, 0) is 30.4 Å². The van der Waals surface area contributed by atoms with E-state index in [0.29, 0.717) is 24.4 Å². The lowest BCUT2D eigenvalue weighted by atomic mass is 9.84. The Hall–Kier alpha value is -1.89. The zero-order chi connectivity index (χ0) is 17.4. The summed E-state index contributed by atoms with van der Waals surface area (Å²) in [5.74, 6) is 0.532. The Bertz CT molecular complexity index is 778. The summed E-state index contributed by atoms with van der Waals surface area (Å²) >= 11 is 0. The zero-order valence-corrected chi connectivity index (χ0v) is 14.9. The molecule has 0 radical (unpaired) electrons. The molecule has 0 atom stereocenters. The highest BCUT2D eigenvalue weighted by atomic mass is 32.2. The third-order valence-corrected chi connectivity index (χ3v) is 5.78. The van der Waals surface area contributed by atoms with E-state index in [2.05, 4.69) is 9.71 Å². The van der Waals surface area contributed by atoms with Gasteiger partial charge in [0.1, 0.15) is 10.7 Å². The van der Waals surface area contributed by atoms with Crippen molar-refractivity contribution in [1.82, 2.24) is 4.90 Å². The van der Waals surface area contributed by atoms with Crippen LogP contribution < -0.4 is 5.32 Å². The summed E-state index contributed by atoms with van der Waals surface area (Å²) in [5.41, 5.74) is 0.178. The molecule has 1 aromatic carbocycles.